The first kappa shape index (κ1) is 11.8. The van der Waals surface area contributed by atoms with E-state index in [0.717, 1.165) is 5.69 Å². The van der Waals surface area contributed by atoms with Gasteiger partial charge in [-0.2, -0.15) is 5.10 Å². The average molecular weight is 228 g/mol. The van der Waals surface area contributed by atoms with E-state index in [1.54, 1.807) is 13.1 Å². The summed E-state index contributed by atoms with van der Waals surface area (Å²) in [5, 5.41) is 7.25. The number of aryl methyl sites for hydroxylation is 2. The van der Waals surface area contributed by atoms with Crippen molar-refractivity contribution in [3.63, 3.8) is 0 Å². The third-order valence-electron chi connectivity index (χ3n) is 2.01. The fourth-order valence-electron chi connectivity index (χ4n) is 1.27. The van der Waals surface area contributed by atoms with Gasteiger partial charge < -0.3 is 5.32 Å². The molecule has 0 saturated heterocycles. The Labute approximate surface area is 93.9 Å². The van der Waals surface area contributed by atoms with Gasteiger partial charge in [-0.15, -0.1) is 6.58 Å². The lowest BCUT2D eigenvalue weighted by Gasteiger charge is -2.02. The number of hydrogen-bond acceptors (Lipinski definition) is 2. The first-order chi connectivity index (χ1) is 7.11. The molecule has 0 aliphatic heterocycles. The normalized spacial score (nSPS) is 10.1. The molecular weight excluding hydrogens is 214 g/mol. The van der Waals surface area contributed by atoms with Gasteiger partial charge >= 0.3 is 0 Å². The fraction of sp³-hybridized carbons (Fsp3) is 0.400. The van der Waals surface area contributed by atoms with Crippen LogP contribution in [0.1, 0.15) is 23.1 Å². The van der Waals surface area contributed by atoms with E-state index in [1.165, 1.54) is 4.68 Å². The highest BCUT2D eigenvalue weighted by molar-refractivity contribution is 6.34. The van der Waals surface area contributed by atoms with Crippen molar-refractivity contribution in [2.24, 2.45) is 7.05 Å². The Morgan fingerprint density at radius 1 is 1.73 bits per heavy atom. The topological polar surface area (TPSA) is 46.9 Å². The minimum Gasteiger partial charge on any atom is -0.347 e. The maximum absolute atomic E-state index is 11.7. The van der Waals surface area contributed by atoms with Crippen LogP contribution in [0.15, 0.2) is 12.7 Å². The highest BCUT2D eigenvalue weighted by Crippen LogP contribution is 2.20. The van der Waals surface area contributed by atoms with E-state index in [9.17, 15) is 4.79 Å². The average Bonchev–Trinajstić information content (AvgIpc) is 2.50. The largest absolute Gasteiger partial charge is 0.347 e. The van der Waals surface area contributed by atoms with Gasteiger partial charge in [-0.3, -0.25) is 9.48 Å². The summed E-state index contributed by atoms with van der Waals surface area (Å²) in [6, 6.07) is 0. The summed E-state index contributed by atoms with van der Waals surface area (Å²) in [5.41, 5.74) is 1.14. The van der Waals surface area contributed by atoms with Gasteiger partial charge in [-0.05, 0) is 6.42 Å². The first-order valence-corrected chi connectivity index (χ1v) is 5.10. The van der Waals surface area contributed by atoms with Gasteiger partial charge in [0.25, 0.3) is 5.91 Å². The number of carbonyl (C=O) groups is 1. The second-order valence-electron chi connectivity index (χ2n) is 3.09. The summed E-state index contributed by atoms with van der Waals surface area (Å²) < 4.78 is 1.50. The smallest absolute Gasteiger partial charge is 0.271 e. The van der Waals surface area contributed by atoms with E-state index < -0.39 is 0 Å². The van der Waals surface area contributed by atoms with E-state index in [0.29, 0.717) is 23.7 Å². The van der Waals surface area contributed by atoms with Crippen LogP contribution in [0.2, 0.25) is 5.02 Å². The molecule has 4 nitrogen and oxygen atoms in total. The lowest BCUT2D eigenvalue weighted by molar-refractivity contribution is 0.0949. The molecule has 0 aliphatic rings. The highest BCUT2D eigenvalue weighted by atomic mass is 35.5. The Kier molecular flexibility index (Phi) is 3.91. The van der Waals surface area contributed by atoms with Crippen molar-refractivity contribution in [3.8, 4) is 0 Å². The minimum atomic E-state index is -0.227. The molecule has 0 aliphatic carbocycles. The summed E-state index contributed by atoms with van der Waals surface area (Å²) in [4.78, 5) is 11.7. The SMILES string of the molecule is C=CCNC(=O)c1c(Cl)c(CC)nn1C. The Morgan fingerprint density at radius 2 is 2.40 bits per heavy atom. The number of aromatic nitrogens is 2. The van der Waals surface area contributed by atoms with Crippen LogP contribution in [0.25, 0.3) is 0 Å². The molecule has 0 fully saturated rings. The molecule has 5 heteroatoms. The third-order valence-corrected chi connectivity index (χ3v) is 2.41. The number of rotatable bonds is 4. The third kappa shape index (κ3) is 2.39. The molecule has 0 bridgehead atoms. The van der Waals surface area contributed by atoms with Crippen molar-refractivity contribution in [1.29, 1.82) is 0 Å². The highest BCUT2D eigenvalue weighted by Gasteiger charge is 2.18. The quantitative estimate of drug-likeness (QED) is 0.794. The van der Waals surface area contributed by atoms with Crippen molar-refractivity contribution in [1.82, 2.24) is 15.1 Å². The molecule has 0 aromatic carbocycles. The molecule has 0 spiro atoms. The molecule has 82 valence electrons. The first-order valence-electron chi connectivity index (χ1n) is 4.72. The Bertz CT molecular complexity index is 384. The lowest BCUT2D eigenvalue weighted by atomic mass is 10.3. The number of nitrogens with one attached hydrogen (secondary N) is 1. The Hall–Kier alpha value is -1.29. The zero-order chi connectivity index (χ0) is 11.4. The van der Waals surface area contributed by atoms with Gasteiger partial charge in [-0.25, -0.2) is 0 Å². The zero-order valence-electron chi connectivity index (χ0n) is 8.88. The predicted octanol–water partition coefficient (Wildman–Crippen LogP) is 1.55. The summed E-state index contributed by atoms with van der Waals surface area (Å²) in [6.45, 7) is 5.88. The van der Waals surface area contributed by atoms with E-state index in [-0.39, 0.29) is 5.91 Å². The van der Waals surface area contributed by atoms with E-state index in [2.05, 4.69) is 17.0 Å². The van der Waals surface area contributed by atoms with Gasteiger partial charge in [0.05, 0.1) is 10.7 Å². The maximum atomic E-state index is 11.7. The van der Waals surface area contributed by atoms with Crippen LogP contribution in [-0.4, -0.2) is 22.2 Å². The van der Waals surface area contributed by atoms with Gasteiger partial charge in [0.2, 0.25) is 0 Å². The van der Waals surface area contributed by atoms with Gasteiger partial charge in [-0.1, -0.05) is 24.6 Å². The van der Waals surface area contributed by atoms with E-state index in [4.69, 9.17) is 11.6 Å². The molecule has 15 heavy (non-hydrogen) atoms. The van der Waals surface area contributed by atoms with Crippen molar-refractivity contribution in [2.45, 2.75) is 13.3 Å². The van der Waals surface area contributed by atoms with Crippen LogP contribution < -0.4 is 5.32 Å². The second kappa shape index (κ2) is 4.98. The standard InChI is InChI=1S/C10H14ClN3O/c1-4-6-12-10(15)9-8(11)7(5-2)13-14(9)3/h4H,1,5-6H2,2-3H3,(H,12,15). The van der Waals surface area contributed by atoms with Crippen molar-refractivity contribution >= 4 is 17.5 Å². The van der Waals surface area contributed by atoms with E-state index >= 15 is 0 Å². The zero-order valence-corrected chi connectivity index (χ0v) is 9.64. The predicted molar refractivity (Wildman–Crippen MR) is 60.1 cm³/mol. The van der Waals surface area contributed by atoms with Gasteiger partial charge in [0, 0.05) is 13.6 Å². The van der Waals surface area contributed by atoms with Crippen LogP contribution in [0.3, 0.4) is 0 Å². The molecule has 0 saturated carbocycles. The van der Waals surface area contributed by atoms with Crippen LogP contribution in [-0.2, 0) is 13.5 Å². The Morgan fingerprint density at radius 3 is 2.87 bits per heavy atom. The molecule has 0 atom stereocenters. The van der Waals surface area contributed by atoms with Crippen LogP contribution in [0, 0.1) is 0 Å². The Balaban J connectivity index is 2.97. The number of nitrogens with zero attached hydrogens (tertiary/aromatic N) is 2. The molecular formula is C10H14ClN3O. The van der Waals surface area contributed by atoms with Gasteiger partial charge in [0.15, 0.2) is 0 Å². The van der Waals surface area contributed by atoms with Crippen molar-refractivity contribution in [3.05, 3.63) is 29.1 Å². The summed E-state index contributed by atoms with van der Waals surface area (Å²) >= 11 is 6.03. The molecule has 0 unspecified atom stereocenters. The lowest BCUT2D eigenvalue weighted by Crippen LogP contribution is -2.25. The minimum absolute atomic E-state index is 0.227. The molecule has 1 rings (SSSR count). The maximum Gasteiger partial charge on any atom is 0.271 e. The fourth-order valence-corrected chi connectivity index (χ4v) is 1.65. The second-order valence-corrected chi connectivity index (χ2v) is 3.46. The molecule has 0 radical (unpaired) electrons. The number of halogens is 1. The molecule has 1 heterocycles. The van der Waals surface area contributed by atoms with Crippen molar-refractivity contribution in [2.75, 3.05) is 6.54 Å². The van der Waals surface area contributed by atoms with Gasteiger partial charge in [0.1, 0.15) is 5.69 Å². The molecule has 1 aromatic rings. The monoisotopic (exact) mass is 227 g/mol. The van der Waals surface area contributed by atoms with Crippen LogP contribution in [0.5, 0.6) is 0 Å². The number of hydrogen-bond donors (Lipinski definition) is 1. The summed E-state index contributed by atoms with van der Waals surface area (Å²) in [7, 11) is 1.70. The van der Waals surface area contributed by atoms with E-state index in [1.807, 2.05) is 6.92 Å². The number of amides is 1. The molecule has 1 amide bonds. The number of carbonyl (C=O) groups excluding carboxylic acids is 1. The summed E-state index contributed by atoms with van der Waals surface area (Å²) in [5.74, 6) is -0.227. The molecule has 1 N–H and O–H groups in total. The van der Waals surface area contributed by atoms with Crippen molar-refractivity contribution < 1.29 is 4.79 Å². The summed E-state index contributed by atoms with van der Waals surface area (Å²) in [6.07, 6.45) is 2.32. The van der Waals surface area contributed by atoms with Crippen LogP contribution in [0.4, 0.5) is 0 Å². The molecule has 1 aromatic heterocycles. The van der Waals surface area contributed by atoms with Crippen LogP contribution >= 0.6 is 11.6 Å².